The van der Waals surface area contributed by atoms with Gasteiger partial charge in [-0.05, 0) is 134 Å². The summed E-state index contributed by atoms with van der Waals surface area (Å²) in [6, 6.07) is 33.0. The summed E-state index contributed by atoms with van der Waals surface area (Å²) in [7, 11) is 5.41. The van der Waals surface area contributed by atoms with E-state index in [-0.39, 0.29) is 149 Å². The first kappa shape index (κ1) is 91.7. The molecule has 5 aromatic carbocycles. The van der Waals surface area contributed by atoms with Crippen molar-refractivity contribution in [3.8, 4) is 17.2 Å². The number of halogens is 8. The number of fused-ring (bicyclic) bond motifs is 4. The number of pyridine rings is 4. The van der Waals surface area contributed by atoms with E-state index in [4.69, 9.17) is 18.9 Å². The number of carbonyl (C=O) groups is 1. The molecule has 0 aliphatic heterocycles. The molecule has 4 heterocycles. The van der Waals surface area contributed by atoms with Gasteiger partial charge in [0.1, 0.15) is 19.0 Å². The van der Waals surface area contributed by atoms with E-state index < -0.39 is 34.0 Å². The van der Waals surface area contributed by atoms with Crippen LogP contribution < -0.4 is 83.1 Å². The average molecular weight is 1760 g/mol. The minimum Gasteiger partial charge on any atom is -0.870 e. The molecule has 3 unspecified atom stereocenters. The normalized spacial score (nSPS) is 10.9. The third kappa shape index (κ3) is 29.2. The third-order valence-corrected chi connectivity index (χ3v) is 14.3. The second kappa shape index (κ2) is 48.2. The van der Waals surface area contributed by atoms with E-state index in [2.05, 4.69) is 89.9 Å². The molecule has 0 bridgehead atoms. The van der Waals surface area contributed by atoms with Gasteiger partial charge >= 0.3 is 71.8 Å². The van der Waals surface area contributed by atoms with Crippen LogP contribution in [0.4, 0.5) is 17.6 Å². The Hall–Kier alpha value is -3.52. The van der Waals surface area contributed by atoms with Crippen LogP contribution in [0.15, 0.2) is 156 Å². The van der Waals surface area contributed by atoms with Crippen LogP contribution in [0.5, 0.6) is 17.2 Å². The Balaban J connectivity index is -0.00000102. The van der Waals surface area contributed by atoms with Crippen molar-refractivity contribution in [1.82, 2.24) is 18.3 Å². The molecule has 4 aromatic heterocycles. The molecule has 16 nitrogen and oxygen atoms in total. The quantitative estimate of drug-likeness (QED) is 0.0302. The summed E-state index contributed by atoms with van der Waals surface area (Å²) in [5.41, 5.74) is 0.711. The molecule has 2 N–H and O–H groups in total. The summed E-state index contributed by atoms with van der Waals surface area (Å²) in [5, 5.41) is 13.3. The summed E-state index contributed by atoms with van der Waals surface area (Å²) in [4.78, 5) is 56.9. The fourth-order valence-electron chi connectivity index (χ4n) is 7.57. The van der Waals surface area contributed by atoms with Gasteiger partial charge in [-0.25, -0.2) is 17.6 Å². The zero-order valence-corrected chi connectivity index (χ0v) is 65.9. The van der Waals surface area contributed by atoms with Crippen LogP contribution in [0, 0.1) is 36.6 Å². The Morgan fingerprint density at radius 2 is 0.912 bits per heavy atom. The maximum absolute atomic E-state index is 14.0. The minimum atomic E-state index is -0.829. The van der Waals surface area contributed by atoms with E-state index in [1.165, 1.54) is 92.9 Å². The molecule has 9 rings (SSSR count). The fourth-order valence-corrected chi connectivity index (χ4v) is 8.93. The first-order valence-corrected chi connectivity index (χ1v) is 36.3. The number of alkyl halides is 1. The Labute approximate surface area is 627 Å². The number of ether oxygens (including phenoxy) is 4. The van der Waals surface area contributed by atoms with Crippen LogP contribution in [0.2, 0.25) is 0 Å². The molecule has 0 aliphatic rings. The molecule has 496 valence electrons. The molecule has 3 atom stereocenters. The third-order valence-electron chi connectivity index (χ3n) is 11.7. The van der Waals surface area contributed by atoms with Gasteiger partial charge in [0.15, 0.2) is 41.0 Å². The van der Waals surface area contributed by atoms with Crippen LogP contribution in [-0.2, 0) is 73.7 Å². The molecule has 0 fully saturated rings. The van der Waals surface area contributed by atoms with Crippen molar-refractivity contribution < 1.29 is 128 Å². The summed E-state index contributed by atoms with van der Waals surface area (Å²) in [6.07, 6.45) is 2.43. The van der Waals surface area contributed by atoms with Crippen LogP contribution >= 0.6 is 69.1 Å². The molecule has 0 saturated carbocycles. The topological polar surface area (TPSA) is 209 Å². The molecule has 0 aliphatic carbocycles. The van der Waals surface area contributed by atoms with E-state index in [9.17, 15) is 50.8 Å². The molecular formula is C64H75Br2F4I2KN4O12PdS. The van der Waals surface area contributed by atoms with Gasteiger partial charge in [-0.3, -0.25) is 28.2 Å². The van der Waals surface area contributed by atoms with E-state index in [0.717, 1.165) is 27.6 Å². The Morgan fingerprint density at radius 1 is 0.582 bits per heavy atom. The van der Waals surface area contributed by atoms with Gasteiger partial charge in [0.05, 0.1) is 38.7 Å². The standard InChI is InChI=1S/C15H18FNO3.C12H10FNO3.C10H7BrFNO.C10H8FNO2.C7H8OS.C5H11BrO.C4H9.CH3.I2.K.H2O.Pd/c1-4-19-10(2)9-20-15-12(16)7-5-11-6-8-13(18)17(3)14(11)15;1-14-10(16)5-3-8-2-4-9(13)12(11(8)14)17-7-6-15;1-13-8(14)5-3-6-2-4-7(12)9(11)10(6)13;1-12-8(13)5-3-6-2-4-7(11)10(14)9(6)12;1-9(8)7-5-3-2-4-6-7;1-3-7-5(2)4-6;1-4(2)3;;1-2;;;/h5-8,10H,4,9H2,1-3H3;2-6H,7H2,1H3;2-5H,1H3;2-5,14H,1H3;2-6H,1H3;5H,3-4H2,1-2H3;1-3H3;1H3;;;1H2;/q;;;;;;2*-1;;+1;;+2/p-1. The fraction of sp³-hybridized carbons (Fsp3) is 0.297. The first-order chi connectivity index (χ1) is 41.3. The Kier molecular flexibility index (Phi) is 48.6. The maximum atomic E-state index is 14.0. The number of benzene rings is 5. The van der Waals surface area contributed by atoms with E-state index >= 15 is 0 Å². The molecule has 0 saturated heterocycles. The van der Waals surface area contributed by atoms with Crippen LogP contribution in [-0.4, -0.2) is 89.6 Å². The van der Waals surface area contributed by atoms with Crippen molar-refractivity contribution in [1.29, 1.82) is 0 Å². The smallest absolute Gasteiger partial charge is 0.870 e. The largest absolute Gasteiger partial charge is 2.00 e. The van der Waals surface area contributed by atoms with Gasteiger partial charge < -0.3 is 61.1 Å². The van der Waals surface area contributed by atoms with Crippen LogP contribution in [0.25, 0.3) is 43.6 Å². The summed E-state index contributed by atoms with van der Waals surface area (Å²) in [5.74, 6) is -1.22. The van der Waals surface area contributed by atoms with Crippen molar-refractivity contribution in [2.45, 2.75) is 65.6 Å². The number of carbonyl (C=O) groups excluding carboxylic acids is 1. The Bertz CT molecular complexity index is 3840. The van der Waals surface area contributed by atoms with Gasteiger partial charge in [-0.1, -0.05) is 34.1 Å². The SMILES string of the molecule is CCOC(C)CBr.CCOC(C)COc1c(F)ccc2ccc(=O)n(C)c12.CS(=O)c1ccccc1.C[C-](C)C.Cn1c(=O)ccc2ccc(F)c(Br)c21.Cn1c(=O)ccc2ccc(F)c(O)c21.Cn1c(=O)ccc2ccc(F)c(OCC=O)c21.II.[CH3-].[K+].[OH-].[Pd+2]. The predicted octanol–water partition coefficient (Wildman–Crippen LogP) is 11.5. The molecule has 27 heteroatoms. The second-order valence-electron chi connectivity index (χ2n) is 18.9. The van der Waals surface area contributed by atoms with E-state index in [1.54, 1.807) is 62.8 Å². The minimum absolute atomic E-state index is 0. The average Bonchev–Trinajstić information content (AvgIpc) is 0.849. The van der Waals surface area contributed by atoms with Crippen molar-refractivity contribution in [2.24, 2.45) is 28.2 Å². The number of aryl methyl sites for hydroxylation is 4. The number of nitrogens with zero attached hydrogens (tertiary/aromatic N) is 4. The predicted molar refractivity (Wildman–Crippen MR) is 374 cm³/mol. The van der Waals surface area contributed by atoms with Gasteiger partial charge in [0, 0.05) is 146 Å². The van der Waals surface area contributed by atoms with Crippen molar-refractivity contribution in [3.63, 3.8) is 0 Å². The number of aromatic nitrogens is 4. The van der Waals surface area contributed by atoms with Crippen LogP contribution in [0.3, 0.4) is 0 Å². The first-order valence-electron chi connectivity index (χ1n) is 26.5. The number of hydrogen-bond acceptors (Lipinski definition) is 12. The number of rotatable bonds is 12. The number of hydrogen-bond donors (Lipinski definition) is 1. The zero-order chi connectivity index (χ0) is 65.7. The number of phenols is 1. The molecular weight excluding hydrogens is 1680 g/mol. The van der Waals surface area contributed by atoms with Gasteiger partial charge in [0.2, 0.25) is 0 Å². The van der Waals surface area contributed by atoms with Gasteiger partial charge in [-0.2, -0.15) is 20.8 Å². The number of aldehydes is 1. The summed E-state index contributed by atoms with van der Waals surface area (Å²) in [6.45, 7) is 15.4. The van der Waals surface area contributed by atoms with Crippen molar-refractivity contribution in [2.75, 3.05) is 38.0 Å². The zero-order valence-electron chi connectivity index (χ0n) is 52.9. The van der Waals surface area contributed by atoms with Crippen LogP contribution in [0.1, 0.15) is 48.5 Å². The van der Waals surface area contributed by atoms with Gasteiger partial charge in [0.25, 0.3) is 22.2 Å². The molecule has 91 heavy (non-hydrogen) atoms. The Morgan fingerprint density at radius 3 is 1.27 bits per heavy atom. The van der Waals surface area contributed by atoms with Gasteiger partial charge in [-0.15, -0.1) is 0 Å². The van der Waals surface area contributed by atoms with E-state index in [0.29, 0.717) is 50.8 Å². The summed E-state index contributed by atoms with van der Waals surface area (Å²) < 4.78 is 91.2. The van der Waals surface area contributed by atoms with Crippen molar-refractivity contribution >= 4 is 130 Å². The number of aromatic hydroxyl groups is 1. The molecule has 0 radical (unpaired) electrons. The summed E-state index contributed by atoms with van der Waals surface area (Å²) >= 11 is 10.7. The second-order valence-corrected chi connectivity index (χ2v) is 21.7. The van der Waals surface area contributed by atoms with E-state index in [1.807, 2.05) is 58.0 Å². The van der Waals surface area contributed by atoms with Crippen molar-refractivity contribution in [3.05, 3.63) is 210 Å². The maximum Gasteiger partial charge on any atom is 2.00 e. The number of phenolic OH excluding ortho intramolecular Hbond substituents is 1. The monoisotopic (exact) mass is 1760 g/mol. The molecule has 9 aromatic rings. The molecule has 0 spiro atoms. The molecule has 0 amide bonds.